The molecule has 6 heteroatoms. The summed E-state index contributed by atoms with van der Waals surface area (Å²) >= 11 is 2.14. The zero-order valence-corrected chi connectivity index (χ0v) is 19.4. The lowest BCUT2D eigenvalue weighted by Crippen LogP contribution is -2.14. The molecule has 160 valence electrons. The fourth-order valence-electron chi connectivity index (χ4n) is 3.32. The summed E-state index contributed by atoms with van der Waals surface area (Å²) in [7, 11) is 0. The van der Waals surface area contributed by atoms with Gasteiger partial charge < -0.3 is 10.1 Å². The largest absolute Gasteiger partial charge is 0.422 e. The van der Waals surface area contributed by atoms with Gasteiger partial charge in [-0.05, 0) is 69.8 Å². The van der Waals surface area contributed by atoms with E-state index in [1.165, 1.54) is 6.08 Å². The van der Waals surface area contributed by atoms with E-state index in [0.717, 1.165) is 14.3 Å². The van der Waals surface area contributed by atoms with Crippen LogP contribution in [0.3, 0.4) is 0 Å². The lowest BCUT2D eigenvalue weighted by Gasteiger charge is -2.10. The van der Waals surface area contributed by atoms with Gasteiger partial charge in [0.15, 0.2) is 0 Å². The number of rotatable bonds is 5. The Morgan fingerprint density at radius 2 is 1.64 bits per heavy atom. The number of carbonyl (C=O) groups is 2. The summed E-state index contributed by atoms with van der Waals surface area (Å²) in [5.74, 6) is -0.811. The summed E-state index contributed by atoms with van der Waals surface area (Å²) in [5.41, 5.74) is 1.36. The molecule has 4 aromatic carbocycles. The molecule has 1 N–H and O–H groups in total. The summed E-state index contributed by atoms with van der Waals surface area (Å²) < 4.78 is 6.63. The second-order valence-electron chi connectivity index (χ2n) is 7.09. The van der Waals surface area contributed by atoms with Crippen molar-refractivity contribution in [2.45, 2.75) is 0 Å². The number of hydrogen-bond donors (Lipinski definition) is 1. The van der Waals surface area contributed by atoms with E-state index in [9.17, 15) is 14.9 Å². The van der Waals surface area contributed by atoms with E-state index < -0.39 is 11.9 Å². The number of nitrogens with one attached hydrogen (secondary N) is 1. The SMILES string of the molecule is N#C/C(=C\c1ccccc1OC(=O)c1cccc2ccccc12)C(=O)Nc1cccc(I)c1. The molecule has 0 atom stereocenters. The maximum atomic E-state index is 13.0. The fourth-order valence-corrected chi connectivity index (χ4v) is 3.86. The maximum Gasteiger partial charge on any atom is 0.344 e. The Morgan fingerprint density at radius 1 is 0.909 bits per heavy atom. The van der Waals surface area contributed by atoms with Crippen molar-refractivity contribution < 1.29 is 14.3 Å². The van der Waals surface area contributed by atoms with E-state index in [-0.39, 0.29) is 11.3 Å². The smallest absolute Gasteiger partial charge is 0.344 e. The van der Waals surface area contributed by atoms with Gasteiger partial charge in [0, 0.05) is 14.8 Å². The predicted octanol–water partition coefficient (Wildman–Crippen LogP) is 6.21. The molecule has 0 heterocycles. The highest BCUT2D eigenvalue weighted by Gasteiger charge is 2.16. The number of nitriles is 1. The van der Waals surface area contributed by atoms with Gasteiger partial charge in [0.1, 0.15) is 17.4 Å². The van der Waals surface area contributed by atoms with E-state index in [4.69, 9.17) is 4.74 Å². The number of carbonyl (C=O) groups excluding carboxylic acids is 2. The minimum atomic E-state index is -0.547. The number of ether oxygens (including phenoxy) is 1. The Kier molecular flexibility index (Phi) is 6.81. The number of halogens is 1. The average molecular weight is 544 g/mol. The minimum Gasteiger partial charge on any atom is -0.422 e. The quantitative estimate of drug-likeness (QED) is 0.107. The molecule has 5 nitrogen and oxygen atoms in total. The van der Waals surface area contributed by atoms with Crippen LogP contribution in [0.4, 0.5) is 5.69 Å². The molecule has 0 unspecified atom stereocenters. The highest BCUT2D eigenvalue weighted by Crippen LogP contribution is 2.25. The molecule has 0 aliphatic rings. The van der Waals surface area contributed by atoms with Crippen LogP contribution in [-0.4, -0.2) is 11.9 Å². The van der Waals surface area contributed by atoms with Crippen molar-refractivity contribution >= 4 is 57.0 Å². The van der Waals surface area contributed by atoms with Crippen molar-refractivity contribution in [1.82, 2.24) is 0 Å². The number of hydrogen-bond acceptors (Lipinski definition) is 4. The Hall–Kier alpha value is -3.96. The highest BCUT2D eigenvalue weighted by molar-refractivity contribution is 14.1. The topological polar surface area (TPSA) is 79.2 Å². The van der Waals surface area contributed by atoms with Crippen LogP contribution in [-0.2, 0) is 4.79 Å². The van der Waals surface area contributed by atoms with Crippen LogP contribution >= 0.6 is 22.6 Å². The van der Waals surface area contributed by atoms with E-state index >= 15 is 0 Å². The second-order valence-corrected chi connectivity index (χ2v) is 8.33. The molecule has 0 aliphatic heterocycles. The Bertz CT molecular complexity index is 1430. The van der Waals surface area contributed by atoms with Crippen molar-refractivity contribution in [2.24, 2.45) is 0 Å². The first kappa shape index (κ1) is 22.2. The molecular formula is C27H17IN2O3. The standard InChI is InChI=1S/C27H17IN2O3/c28-21-10-6-11-22(16-21)30-26(31)20(17-29)15-19-8-2-4-14-25(19)33-27(32)24-13-5-9-18-7-1-3-12-23(18)24/h1-16H,(H,30,31)/b20-15+. The zero-order chi connectivity index (χ0) is 23.2. The molecule has 0 aromatic heterocycles. The highest BCUT2D eigenvalue weighted by atomic mass is 127. The number of nitrogens with zero attached hydrogens (tertiary/aromatic N) is 1. The molecular weight excluding hydrogens is 527 g/mol. The third-order valence-electron chi connectivity index (χ3n) is 4.88. The van der Waals surface area contributed by atoms with Gasteiger partial charge >= 0.3 is 5.97 Å². The van der Waals surface area contributed by atoms with Crippen LogP contribution in [0, 0.1) is 14.9 Å². The lowest BCUT2D eigenvalue weighted by molar-refractivity contribution is -0.112. The molecule has 0 bridgehead atoms. The summed E-state index contributed by atoms with van der Waals surface area (Å²) in [4.78, 5) is 25.6. The third kappa shape index (κ3) is 5.27. The predicted molar refractivity (Wildman–Crippen MR) is 137 cm³/mol. The van der Waals surface area contributed by atoms with Crippen LogP contribution in [0.15, 0.2) is 96.6 Å². The van der Waals surface area contributed by atoms with Crippen molar-refractivity contribution in [1.29, 1.82) is 5.26 Å². The average Bonchev–Trinajstić information content (AvgIpc) is 2.83. The Labute approximate surface area is 204 Å². The van der Waals surface area contributed by atoms with Gasteiger partial charge in [0.2, 0.25) is 0 Å². The van der Waals surface area contributed by atoms with Gasteiger partial charge in [0.25, 0.3) is 5.91 Å². The van der Waals surface area contributed by atoms with Gasteiger partial charge in [-0.1, -0.05) is 60.7 Å². The van der Waals surface area contributed by atoms with Crippen molar-refractivity contribution in [3.8, 4) is 11.8 Å². The molecule has 0 saturated heterocycles. The monoisotopic (exact) mass is 544 g/mol. The molecule has 0 radical (unpaired) electrons. The first-order valence-corrected chi connectivity index (χ1v) is 11.1. The van der Waals surface area contributed by atoms with Crippen LogP contribution < -0.4 is 10.1 Å². The van der Waals surface area contributed by atoms with Gasteiger partial charge in [0.05, 0.1) is 5.56 Å². The van der Waals surface area contributed by atoms with E-state index in [1.54, 1.807) is 48.5 Å². The van der Waals surface area contributed by atoms with E-state index in [0.29, 0.717) is 16.8 Å². The molecule has 0 saturated carbocycles. The lowest BCUT2D eigenvalue weighted by atomic mass is 10.0. The number of fused-ring (bicyclic) bond motifs is 1. The summed E-state index contributed by atoms with van der Waals surface area (Å²) in [5, 5.41) is 14.0. The van der Waals surface area contributed by atoms with Crippen LogP contribution in [0.1, 0.15) is 15.9 Å². The van der Waals surface area contributed by atoms with Crippen molar-refractivity contribution in [3.63, 3.8) is 0 Å². The van der Waals surface area contributed by atoms with Gasteiger partial charge in [-0.15, -0.1) is 0 Å². The Morgan fingerprint density at radius 3 is 2.45 bits per heavy atom. The van der Waals surface area contributed by atoms with Crippen molar-refractivity contribution in [3.05, 3.63) is 111 Å². The van der Waals surface area contributed by atoms with Crippen LogP contribution in [0.2, 0.25) is 0 Å². The second kappa shape index (κ2) is 10.1. The zero-order valence-electron chi connectivity index (χ0n) is 17.3. The number of anilines is 1. The fraction of sp³-hybridized carbons (Fsp3) is 0. The number of amides is 1. The van der Waals surface area contributed by atoms with E-state index in [2.05, 4.69) is 27.9 Å². The van der Waals surface area contributed by atoms with Crippen LogP contribution in [0.25, 0.3) is 16.8 Å². The first-order valence-electron chi connectivity index (χ1n) is 10.0. The molecule has 1 amide bonds. The number of benzene rings is 4. The molecule has 4 rings (SSSR count). The maximum absolute atomic E-state index is 13.0. The number of esters is 1. The number of para-hydroxylation sites is 1. The normalized spacial score (nSPS) is 11.0. The van der Waals surface area contributed by atoms with E-state index in [1.807, 2.05) is 48.5 Å². The van der Waals surface area contributed by atoms with Gasteiger partial charge in [-0.2, -0.15) is 5.26 Å². The minimum absolute atomic E-state index is 0.109. The molecule has 33 heavy (non-hydrogen) atoms. The van der Waals surface area contributed by atoms with Gasteiger partial charge in [-0.3, -0.25) is 4.79 Å². The first-order chi connectivity index (χ1) is 16.0. The molecule has 0 spiro atoms. The summed E-state index contributed by atoms with van der Waals surface area (Å²) in [6.07, 6.45) is 1.41. The summed E-state index contributed by atoms with van der Waals surface area (Å²) in [6, 6.07) is 28.9. The molecule has 0 fully saturated rings. The Balaban J connectivity index is 1.61. The van der Waals surface area contributed by atoms with Gasteiger partial charge in [-0.25, -0.2) is 4.79 Å². The van der Waals surface area contributed by atoms with Crippen molar-refractivity contribution in [2.75, 3.05) is 5.32 Å². The van der Waals surface area contributed by atoms with Crippen LogP contribution in [0.5, 0.6) is 5.75 Å². The molecule has 4 aromatic rings. The summed E-state index contributed by atoms with van der Waals surface area (Å²) in [6.45, 7) is 0. The third-order valence-corrected chi connectivity index (χ3v) is 5.55. The molecule has 0 aliphatic carbocycles.